The molecular weight excluding hydrogens is 412 g/mol. The zero-order valence-electron chi connectivity index (χ0n) is 18.0. The molecule has 0 aromatic heterocycles. The van der Waals surface area contributed by atoms with Gasteiger partial charge in [-0.1, -0.05) is 55.5 Å². The molecule has 0 aliphatic rings. The molecule has 0 aliphatic heterocycles. The largest absolute Gasteiger partial charge is 0.491 e. The van der Waals surface area contributed by atoms with Crippen LogP contribution in [0, 0.1) is 6.92 Å². The lowest BCUT2D eigenvalue weighted by Crippen LogP contribution is -2.50. The molecule has 164 valence electrons. The zero-order valence-corrected chi connectivity index (χ0v) is 18.9. The maximum absolute atomic E-state index is 12.9. The fourth-order valence-corrected chi connectivity index (χ4v) is 4.80. The Bertz CT molecular complexity index is 1160. The van der Waals surface area contributed by atoms with Crippen molar-refractivity contribution in [2.24, 2.45) is 0 Å². The quantitative estimate of drug-likeness (QED) is 0.512. The number of aryl methyl sites for hydroxylation is 1. The second-order valence-electron chi connectivity index (χ2n) is 7.44. The SMILES string of the molecule is CC[C@@H](C(=O)NCCOc1cccc2ccccc12)N(c1cccc(C)c1)S(C)(=O)=O. The summed E-state index contributed by atoms with van der Waals surface area (Å²) in [6.45, 7) is 4.23. The summed E-state index contributed by atoms with van der Waals surface area (Å²) in [5, 5.41) is 4.90. The third-order valence-corrected chi connectivity index (χ3v) is 6.17. The number of ether oxygens (including phenoxy) is 1. The number of rotatable bonds is 9. The van der Waals surface area contributed by atoms with Gasteiger partial charge in [-0.25, -0.2) is 8.42 Å². The molecular formula is C24H28N2O4S. The average Bonchev–Trinajstić information content (AvgIpc) is 2.74. The number of anilines is 1. The van der Waals surface area contributed by atoms with Gasteiger partial charge in [0.2, 0.25) is 15.9 Å². The Morgan fingerprint density at radius 3 is 2.48 bits per heavy atom. The van der Waals surface area contributed by atoms with Crippen molar-refractivity contribution in [2.75, 3.05) is 23.7 Å². The van der Waals surface area contributed by atoms with Gasteiger partial charge in [-0.05, 0) is 42.5 Å². The topological polar surface area (TPSA) is 75.7 Å². The van der Waals surface area contributed by atoms with Crippen LogP contribution in [0.1, 0.15) is 18.9 Å². The average molecular weight is 441 g/mol. The predicted octanol–water partition coefficient (Wildman–Crippen LogP) is 3.89. The van der Waals surface area contributed by atoms with Crippen LogP contribution in [-0.4, -0.2) is 39.8 Å². The van der Waals surface area contributed by atoms with E-state index in [-0.39, 0.29) is 19.1 Å². The summed E-state index contributed by atoms with van der Waals surface area (Å²) in [5.41, 5.74) is 1.40. The number of fused-ring (bicyclic) bond motifs is 1. The lowest BCUT2D eigenvalue weighted by molar-refractivity contribution is -0.122. The first-order valence-electron chi connectivity index (χ1n) is 10.3. The molecule has 1 amide bonds. The van der Waals surface area contributed by atoms with Gasteiger partial charge < -0.3 is 10.1 Å². The standard InChI is InChI=1S/C24H28N2O4S/c1-4-22(26(31(3,28)29)20-12-7-9-18(2)17-20)24(27)25-15-16-30-23-14-8-11-19-10-5-6-13-21(19)23/h5-14,17,22H,4,15-16H2,1-3H3,(H,25,27)/t22-/m0/s1. The maximum Gasteiger partial charge on any atom is 0.244 e. The summed E-state index contributed by atoms with van der Waals surface area (Å²) in [5.74, 6) is 0.396. The highest BCUT2D eigenvalue weighted by atomic mass is 32.2. The van der Waals surface area contributed by atoms with Gasteiger partial charge in [0.25, 0.3) is 0 Å². The Morgan fingerprint density at radius 1 is 1.06 bits per heavy atom. The highest BCUT2D eigenvalue weighted by Crippen LogP contribution is 2.25. The molecule has 1 N–H and O–H groups in total. The summed E-state index contributed by atoms with van der Waals surface area (Å²) in [4.78, 5) is 12.9. The van der Waals surface area contributed by atoms with Gasteiger partial charge in [-0.15, -0.1) is 0 Å². The number of sulfonamides is 1. The normalized spacial score (nSPS) is 12.4. The second-order valence-corrected chi connectivity index (χ2v) is 9.30. The molecule has 1 atom stereocenters. The maximum atomic E-state index is 12.9. The van der Waals surface area contributed by atoms with Crippen molar-refractivity contribution in [3.63, 3.8) is 0 Å². The molecule has 0 heterocycles. The summed E-state index contributed by atoms with van der Waals surface area (Å²) in [6, 6.07) is 20.1. The molecule has 3 aromatic rings. The first kappa shape index (κ1) is 22.6. The molecule has 0 radical (unpaired) electrons. The van der Waals surface area contributed by atoms with Crippen LogP contribution < -0.4 is 14.4 Å². The second kappa shape index (κ2) is 9.83. The van der Waals surface area contributed by atoms with Crippen LogP contribution in [0.2, 0.25) is 0 Å². The number of hydrogen-bond donors (Lipinski definition) is 1. The van der Waals surface area contributed by atoms with Crippen LogP contribution in [0.25, 0.3) is 10.8 Å². The van der Waals surface area contributed by atoms with Gasteiger partial charge in [-0.3, -0.25) is 9.10 Å². The summed E-state index contributed by atoms with van der Waals surface area (Å²) in [7, 11) is -3.65. The Hall–Kier alpha value is -3.06. The number of nitrogens with zero attached hydrogens (tertiary/aromatic N) is 1. The Balaban J connectivity index is 1.67. The fraction of sp³-hybridized carbons (Fsp3) is 0.292. The highest BCUT2D eigenvalue weighted by molar-refractivity contribution is 7.92. The molecule has 31 heavy (non-hydrogen) atoms. The van der Waals surface area contributed by atoms with Crippen molar-refractivity contribution in [2.45, 2.75) is 26.3 Å². The number of benzene rings is 3. The number of amides is 1. The van der Waals surface area contributed by atoms with Gasteiger partial charge in [0.05, 0.1) is 18.5 Å². The number of hydrogen-bond acceptors (Lipinski definition) is 4. The van der Waals surface area contributed by atoms with E-state index in [1.54, 1.807) is 25.1 Å². The minimum Gasteiger partial charge on any atom is -0.491 e. The van der Waals surface area contributed by atoms with Crippen molar-refractivity contribution >= 4 is 32.4 Å². The zero-order chi connectivity index (χ0) is 22.4. The minimum atomic E-state index is -3.65. The van der Waals surface area contributed by atoms with E-state index < -0.39 is 16.1 Å². The summed E-state index contributed by atoms with van der Waals surface area (Å²) < 4.78 is 32.1. The fourth-order valence-electron chi connectivity index (χ4n) is 3.60. The van der Waals surface area contributed by atoms with Crippen molar-refractivity contribution in [3.8, 4) is 5.75 Å². The smallest absolute Gasteiger partial charge is 0.244 e. The van der Waals surface area contributed by atoms with E-state index in [0.29, 0.717) is 12.1 Å². The molecule has 0 aliphatic carbocycles. The van der Waals surface area contributed by atoms with E-state index in [1.165, 1.54) is 4.31 Å². The van der Waals surface area contributed by atoms with Crippen LogP contribution in [-0.2, 0) is 14.8 Å². The molecule has 3 aromatic carbocycles. The molecule has 0 saturated heterocycles. The van der Waals surface area contributed by atoms with Crippen molar-refractivity contribution in [3.05, 3.63) is 72.3 Å². The van der Waals surface area contributed by atoms with Crippen molar-refractivity contribution < 1.29 is 17.9 Å². The number of carbonyl (C=O) groups excluding carboxylic acids is 1. The molecule has 0 bridgehead atoms. The molecule has 0 unspecified atom stereocenters. The van der Waals surface area contributed by atoms with E-state index in [2.05, 4.69) is 5.32 Å². The lowest BCUT2D eigenvalue weighted by atomic mass is 10.1. The van der Waals surface area contributed by atoms with E-state index >= 15 is 0 Å². The molecule has 6 nitrogen and oxygen atoms in total. The molecule has 0 spiro atoms. The van der Waals surface area contributed by atoms with Gasteiger partial charge in [0.1, 0.15) is 18.4 Å². The monoisotopic (exact) mass is 440 g/mol. The van der Waals surface area contributed by atoms with Crippen LogP contribution in [0.3, 0.4) is 0 Å². The first-order chi connectivity index (χ1) is 14.8. The Kier molecular flexibility index (Phi) is 7.17. The van der Waals surface area contributed by atoms with Crippen LogP contribution >= 0.6 is 0 Å². The molecule has 3 rings (SSSR count). The highest BCUT2D eigenvalue weighted by Gasteiger charge is 2.31. The van der Waals surface area contributed by atoms with Gasteiger partial charge in [0.15, 0.2) is 0 Å². The van der Waals surface area contributed by atoms with Gasteiger partial charge in [-0.2, -0.15) is 0 Å². The van der Waals surface area contributed by atoms with Crippen molar-refractivity contribution in [1.29, 1.82) is 0 Å². The van der Waals surface area contributed by atoms with E-state index in [9.17, 15) is 13.2 Å². The first-order valence-corrected chi connectivity index (χ1v) is 12.1. The third kappa shape index (κ3) is 5.55. The lowest BCUT2D eigenvalue weighted by Gasteiger charge is -2.30. The van der Waals surface area contributed by atoms with Crippen molar-refractivity contribution in [1.82, 2.24) is 5.32 Å². The summed E-state index contributed by atoms with van der Waals surface area (Å²) >= 11 is 0. The number of nitrogens with one attached hydrogen (secondary N) is 1. The Morgan fingerprint density at radius 2 is 1.77 bits per heavy atom. The van der Waals surface area contributed by atoms with E-state index in [0.717, 1.165) is 28.3 Å². The number of carbonyl (C=O) groups is 1. The Labute approximate surface area is 183 Å². The van der Waals surface area contributed by atoms with Gasteiger partial charge in [0, 0.05) is 5.39 Å². The minimum absolute atomic E-state index is 0.268. The predicted molar refractivity (Wildman–Crippen MR) is 125 cm³/mol. The molecule has 7 heteroatoms. The van der Waals surface area contributed by atoms with Crippen LogP contribution in [0.5, 0.6) is 5.75 Å². The van der Waals surface area contributed by atoms with E-state index in [1.807, 2.05) is 55.5 Å². The van der Waals surface area contributed by atoms with Crippen LogP contribution in [0.4, 0.5) is 5.69 Å². The van der Waals surface area contributed by atoms with Gasteiger partial charge >= 0.3 is 0 Å². The molecule has 0 saturated carbocycles. The third-order valence-electron chi connectivity index (χ3n) is 4.99. The van der Waals surface area contributed by atoms with E-state index in [4.69, 9.17) is 4.74 Å². The molecule has 0 fully saturated rings. The summed E-state index contributed by atoms with van der Waals surface area (Å²) in [6.07, 6.45) is 1.46. The van der Waals surface area contributed by atoms with Crippen LogP contribution in [0.15, 0.2) is 66.7 Å².